The lowest BCUT2D eigenvalue weighted by atomic mass is 9.84. The molecule has 2 aromatic carbocycles. The highest BCUT2D eigenvalue weighted by Gasteiger charge is 2.25. The van der Waals surface area contributed by atoms with Crippen molar-refractivity contribution >= 4 is 35.1 Å². The van der Waals surface area contributed by atoms with Gasteiger partial charge in [-0.15, -0.1) is 0 Å². The molecule has 0 saturated carbocycles. The molecule has 0 aliphatic carbocycles. The van der Waals surface area contributed by atoms with E-state index in [-0.39, 0.29) is 17.2 Å². The largest absolute Gasteiger partial charge is 0.340 e. The van der Waals surface area contributed by atoms with Gasteiger partial charge in [-0.1, -0.05) is 50.3 Å². The lowest BCUT2D eigenvalue weighted by Crippen LogP contribution is -2.48. The van der Waals surface area contributed by atoms with Gasteiger partial charge in [0.15, 0.2) is 0 Å². The third-order valence-corrected chi connectivity index (χ3v) is 7.48. The van der Waals surface area contributed by atoms with Crippen LogP contribution in [0.2, 0.25) is 0 Å². The third-order valence-electron chi connectivity index (χ3n) is 6.83. The summed E-state index contributed by atoms with van der Waals surface area (Å²) in [5, 5.41) is 5.88. The smallest absolute Gasteiger partial charge is 0.251 e. The van der Waals surface area contributed by atoms with Crippen LogP contribution in [0.15, 0.2) is 84.1 Å². The van der Waals surface area contributed by atoms with Gasteiger partial charge in [0.2, 0.25) is 5.91 Å². The number of amides is 2. The Morgan fingerprint density at radius 1 is 1.03 bits per heavy atom. The van der Waals surface area contributed by atoms with Crippen LogP contribution in [0.4, 0.5) is 0 Å². The summed E-state index contributed by atoms with van der Waals surface area (Å²) in [4.78, 5) is 35.2. The van der Waals surface area contributed by atoms with Crippen molar-refractivity contribution in [2.75, 3.05) is 18.6 Å². The summed E-state index contributed by atoms with van der Waals surface area (Å²) in [6.45, 7) is 4.54. The minimum absolute atomic E-state index is 0.255. The Kier molecular flexibility index (Phi) is 9.32. The van der Waals surface area contributed by atoms with Gasteiger partial charge in [0.05, 0.1) is 5.70 Å². The number of pyridine rings is 1. The second kappa shape index (κ2) is 12.9. The lowest BCUT2D eigenvalue weighted by Gasteiger charge is -2.24. The van der Waals surface area contributed by atoms with E-state index in [2.05, 4.69) is 26.7 Å². The van der Waals surface area contributed by atoms with Crippen LogP contribution in [-0.2, 0) is 10.2 Å². The Balaban J connectivity index is 1.45. The fraction of sp³-hybridized carbons (Fsp3) is 0.290. The summed E-state index contributed by atoms with van der Waals surface area (Å²) in [7, 11) is 0. The van der Waals surface area contributed by atoms with Crippen molar-refractivity contribution in [3.8, 4) is 11.1 Å². The Morgan fingerprint density at radius 3 is 2.51 bits per heavy atom. The number of nitrogens with one attached hydrogen (secondary N) is 2. The van der Waals surface area contributed by atoms with Crippen LogP contribution in [0.1, 0.15) is 48.2 Å². The summed E-state index contributed by atoms with van der Waals surface area (Å²) in [5.74, 6) is 0.747. The van der Waals surface area contributed by atoms with Crippen molar-refractivity contribution in [2.45, 2.75) is 38.1 Å². The predicted octanol–water partition coefficient (Wildman–Crippen LogP) is 4.80. The highest BCUT2D eigenvalue weighted by atomic mass is 32.2. The number of carbonyl (C=O) groups excluding carboxylic acids is 2. The van der Waals surface area contributed by atoms with E-state index in [1.807, 2.05) is 74.7 Å². The number of rotatable bonds is 10. The van der Waals surface area contributed by atoms with Gasteiger partial charge in [-0.3, -0.25) is 14.6 Å². The molecule has 1 unspecified atom stereocenters. The quantitative estimate of drug-likeness (QED) is 0.342. The Bertz CT molecular complexity index is 1380. The predicted molar refractivity (Wildman–Crippen MR) is 161 cm³/mol. The van der Waals surface area contributed by atoms with Crippen LogP contribution in [0, 0.1) is 0 Å². The molecule has 1 aliphatic rings. The maximum absolute atomic E-state index is 13.3. The molecule has 4 rings (SSSR count). The SMILES string of the molecule is CSCCC(NC(=O)c1cccc(C(C)(C)CN)c1)C(=O)NC1=NC(c2cccc(-c3ccncc3)c2)=CC1. The van der Waals surface area contributed by atoms with Crippen molar-refractivity contribution in [2.24, 2.45) is 10.7 Å². The van der Waals surface area contributed by atoms with Crippen LogP contribution in [0.5, 0.6) is 0 Å². The van der Waals surface area contributed by atoms with Gasteiger partial charge >= 0.3 is 0 Å². The molecule has 2 heterocycles. The molecule has 0 fully saturated rings. The highest BCUT2D eigenvalue weighted by Crippen LogP contribution is 2.27. The minimum atomic E-state index is -0.683. The van der Waals surface area contributed by atoms with Crippen LogP contribution in [0.3, 0.4) is 0 Å². The summed E-state index contributed by atoms with van der Waals surface area (Å²) >= 11 is 1.63. The second-order valence-corrected chi connectivity index (χ2v) is 11.1. The summed E-state index contributed by atoms with van der Waals surface area (Å²) in [6, 6.07) is 18.8. The van der Waals surface area contributed by atoms with E-state index < -0.39 is 6.04 Å². The van der Waals surface area contributed by atoms with Crippen LogP contribution in [0.25, 0.3) is 16.8 Å². The van der Waals surface area contributed by atoms with E-state index in [1.54, 1.807) is 30.2 Å². The fourth-order valence-electron chi connectivity index (χ4n) is 4.27. The molecule has 39 heavy (non-hydrogen) atoms. The molecule has 7 nitrogen and oxygen atoms in total. The molecule has 1 aliphatic heterocycles. The average molecular weight is 542 g/mol. The zero-order valence-electron chi connectivity index (χ0n) is 22.6. The van der Waals surface area contributed by atoms with Gasteiger partial charge in [0.1, 0.15) is 11.9 Å². The monoisotopic (exact) mass is 541 g/mol. The molecule has 8 heteroatoms. The Labute approximate surface area is 234 Å². The number of nitrogens with two attached hydrogens (primary N) is 1. The van der Waals surface area contributed by atoms with Crippen LogP contribution in [-0.4, -0.2) is 47.2 Å². The van der Waals surface area contributed by atoms with Crippen molar-refractivity contribution in [1.29, 1.82) is 0 Å². The first kappa shape index (κ1) is 28.3. The molecule has 0 spiro atoms. The Morgan fingerprint density at radius 2 is 1.77 bits per heavy atom. The van der Waals surface area contributed by atoms with E-state index in [1.165, 1.54) is 0 Å². The van der Waals surface area contributed by atoms with E-state index >= 15 is 0 Å². The lowest BCUT2D eigenvalue weighted by molar-refractivity contribution is -0.121. The molecule has 0 saturated heterocycles. The zero-order valence-corrected chi connectivity index (χ0v) is 23.4. The molecule has 1 aromatic heterocycles. The highest BCUT2D eigenvalue weighted by molar-refractivity contribution is 7.98. The van der Waals surface area contributed by atoms with Crippen LogP contribution >= 0.6 is 11.8 Å². The molecule has 202 valence electrons. The fourth-order valence-corrected chi connectivity index (χ4v) is 4.74. The van der Waals surface area contributed by atoms with Crippen molar-refractivity contribution in [1.82, 2.24) is 15.6 Å². The van der Waals surface area contributed by atoms with Gasteiger partial charge < -0.3 is 16.4 Å². The number of hydrogen-bond acceptors (Lipinski definition) is 6. The molecule has 0 radical (unpaired) electrons. The van der Waals surface area contributed by atoms with Crippen molar-refractivity contribution < 1.29 is 9.59 Å². The molecule has 0 bridgehead atoms. The van der Waals surface area contributed by atoms with Crippen molar-refractivity contribution in [3.05, 3.63) is 95.8 Å². The first-order chi connectivity index (χ1) is 18.8. The van der Waals surface area contributed by atoms with E-state index in [9.17, 15) is 9.59 Å². The number of thioether (sulfide) groups is 1. The molecule has 2 amide bonds. The van der Waals surface area contributed by atoms with Gasteiger partial charge in [-0.05, 0) is 65.5 Å². The molecule has 3 aromatic rings. The van der Waals surface area contributed by atoms with Crippen LogP contribution < -0.4 is 16.4 Å². The molecular formula is C31H35N5O2S. The topological polar surface area (TPSA) is 109 Å². The number of aromatic nitrogens is 1. The molecule has 1 atom stereocenters. The normalized spacial score (nSPS) is 13.8. The number of nitrogens with zero attached hydrogens (tertiary/aromatic N) is 2. The Hall–Kier alpha value is -3.75. The number of hydrogen-bond donors (Lipinski definition) is 3. The maximum atomic E-state index is 13.3. The number of benzene rings is 2. The molecular weight excluding hydrogens is 506 g/mol. The number of aliphatic imine (C=N–C) groups is 1. The summed E-state index contributed by atoms with van der Waals surface area (Å²) in [6.07, 6.45) is 8.54. The molecule has 4 N–H and O–H groups in total. The van der Waals surface area contributed by atoms with E-state index in [0.29, 0.717) is 30.8 Å². The summed E-state index contributed by atoms with van der Waals surface area (Å²) < 4.78 is 0. The van der Waals surface area contributed by atoms with Gasteiger partial charge in [-0.25, -0.2) is 4.99 Å². The van der Waals surface area contributed by atoms with Gasteiger partial charge in [0.25, 0.3) is 5.91 Å². The standard InChI is InChI=1S/C31H35N5O2S/c1-31(2,20-32)25-9-5-8-24(19-25)29(37)35-27(14-17-39-3)30(38)36-28-11-10-26(34-28)23-7-4-6-22(18-23)21-12-15-33-16-13-21/h4-10,12-13,15-16,18-19,27H,11,14,17,20,32H2,1-3H3,(H,35,37)(H,34,36,38). The van der Waals surface area contributed by atoms with Crippen molar-refractivity contribution in [3.63, 3.8) is 0 Å². The first-order valence-corrected chi connectivity index (χ1v) is 14.4. The summed E-state index contributed by atoms with van der Waals surface area (Å²) in [5.41, 5.74) is 11.1. The van der Waals surface area contributed by atoms with Gasteiger partial charge in [-0.2, -0.15) is 11.8 Å². The van der Waals surface area contributed by atoms with E-state index in [0.717, 1.165) is 33.7 Å². The minimum Gasteiger partial charge on any atom is -0.340 e. The van der Waals surface area contributed by atoms with E-state index in [4.69, 9.17) is 5.73 Å². The maximum Gasteiger partial charge on any atom is 0.251 e. The number of carbonyl (C=O) groups is 2. The average Bonchev–Trinajstić information content (AvgIpc) is 3.44. The first-order valence-electron chi connectivity index (χ1n) is 13.0. The third kappa shape index (κ3) is 7.22. The zero-order chi connectivity index (χ0) is 27.8. The van der Waals surface area contributed by atoms with Gasteiger partial charge in [0, 0.05) is 41.9 Å². The second-order valence-electron chi connectivity index (χ2n) is 10.1. The number of amidine groups is 1.